The van der Waals surface area contributed by atoms with Crippen LogP contribution < -0.4 is 16.0 Å². The summed E-state index contributed by atoms with van der Waals surface area (Å²) in [6.07, 6.45) is 0.518. The van der Waals surface area contributed by atoms with Gasteiger partial charge in [-0.3, -0.25) is 29.3 Å². The number of imide groups is 1. The van der Waals surface area contributed by atoms with Gasteiger partial charge in [0, 0.05) is 36.8 Å². The van der Waals surface area contributed by atoms with Gasteiger partial charge >= 0.3 is 0 Å². The van der Waals surface area contributed by atoms with E-state index < -0.39 is 11.9 Å². The zero-order valence-electron chi connectivity index (χ0n) is 16.6. The molecular weight excluding hydrogens is 390 g/mol. The Kier molecular flexibility index (Phi) is 5.15. The highest BCUT2D eigenvalue weighted by Gasteiger charge is 2.39. The Morgan fingerprint density at radius 1 is 1.17 bits per heavy atom. The Hall–Kier alpha value is -3.43. The van der Waals surface area contributed by atoms with Gasteiger partial charge in [0.15, 0.2) is 0 Å². The maximum atomic E-state index is 12.8. The Bertz CT molecular complexity index is 946. The molecule has 0 spiro atoms. The third-order valence-corrected chi connectivity index (χ3v) is 5.56. The summed E-state index contributed by atoms with van der Waals surface area (Å²) in [5.74, 6) is -1.42. The average molecular weight is 413 g/mol. The van der Waals surface area contributed by atoms with Crippen molar-refractivity contribution in [1.29, 1.82) is 0 Å². The third kappa shape index (κ3) is 3.85. The van der Waals surface area contributed by atoms with Gasteiger partial charge < -0.3 is 20.4 Å². The number of anilines is 1. The minimum absolute atomic E-state index is 0.00380. The number of fused-ring (bicyclic) bond motifs is 1. The summed E-state index contributed by atoms with van der Waals surface area (Å²) in [5.41, 5.74) is 1.88. The fourth-order valence-electron chi connectivity index (χ4n) is 4.08. The molecule has 158 valence electrons. The predicted molar refractivity (Wildman–Crippen MR) is 105 cm³/mol. The minimum atomic E-state index is -0.659. The van der Waals surface area contributed by atoms with Crippen molar-refractivity contribution in [3.05, 3.63) is 29.3 Å². The van der Waals surface area contributed by atoms with Crippen molar-refractivity contribution in [1.82, 2.24) is 20.4 Å². The lowest BCUT2D eigenvalue weighted by atomic mass is 10.0. The summed E-state index contributed by atoms with van der Waals surface area (Å²) in [7, 11) is 0. The molecule has 4 rings (SSSR count). The van der Waals surface area contributed by atoms with E-state index in [9.17, 15) is 24.0 Å². The summed E-state index contributed by atoms with van der Waals surface area (Å²) in [4.78, 5) is 63.3. The molecule has 2 atom stereocenters. The van der Waals surface area contributed by atoms with Crippen LogP contribution in [0, 0.1) is 0 Å². The molecule has 3 aliphatic heterocycles. The van der Waals surface area contributed by atoms with Crippen LogP contribution in [0.2, 0.25) is 0 Å². The number of carbonyl (C=O) groups is 5. The van der Waals surface area contributed by atoms with Gasteiger partial charge in [-0.2, -0.15) is 0 Å². The van der Waals surface area contributed by atoms with Gasteiger partial charge in [0.1, 0.15) is 6.04 Å². The van der Waals surface area contributed by atoms with E-state index in [1.54, 1.807) is 18.2 Å². The van der Waals surface area contributed by atoms with Gasteiger partial charge in [-0.15, -0.1) is 0 Å². The molecule has 1 aromatic rings. The first-order valence-corrected chi connectivity index (χ1v) is 9.90. The maximum absolute atomic E-state index is 12.8. The molecule has 30 heavy (non-hydrogen) atoms. The van der Waals surface area contributed by atoms with Gasteiger partial charge in [-0.05, 0) is 31.0 Å². The highest BCUT2D eigenvalue weighted by molar-refractivity contribution is 6.05. The number of hydrogen-bond donors (Lipinski definition) is 3. The average Bonchev–Trinajstić information content (AvgIpc) is 3.01. The molecule has 2 fully saturated rings. The lowest BCUT2D eigenvalue weighted by Crippen LogP contribution is -2.55. The highest BCUT2D eigenvalue weighted by Crippen LogP contribution is 2.29. The number of rotatable bonds is 4. The standard InChI is InChI=1S/C20H23N5O5/c1-11-8-24(10-17(27)22-11)18(28)7-21-13-3-2-12-9-25(20(30)14(12)6-13)15-4-5-16(26)23-19(15)29/h2-3,6,11,15,21H,4-5,7-10H2,1H3,(H,22,27)(H,23,26,29). The van der Waals surface area contributed by atoms with E-state index in [-0.39, 0.29) is 49.2 Å². The van der Waals surface area contributed by atoms with Crippen molar-refractivity contribution >= 4 is 35.2 Å². The smallest absolute Gasteiger partial charge is 0.255 e. The second-order valence-electron chi connectivity index (χ2n) is 7.87. The molecule has 2 saturated heterocycles. The Morgan fingerprint density at radius 3 is 2.70 bits per heavy atom. The van der Waals surface area contributed by atoms with Gasteiger partial charge in [-0.25, -0.2) is 0 Å². The quantitative estimate of drug-likeness (QED) is 0.555. The van der Waals surface area contributed by atoms with Gasteiger partial charge in [-0.1, -0.05) is 6.07 Å². The number of nitrogens with zero attached hydrogens (tertiary/aromatic N) is 2. The lowest BCUT2D eigenvalue weighted by Gasteiger charge is -2.31. The van der Waals surface area contributed by atoms with Crippen molar-refractivity contribution in [3.8, 4) is 0 Å². The Labute approximate surface area is 172 Å². The maximum Gasteiger partial charge on any atom is 0.255 e. The number of carbonyl (C=O) groups excluding carboxylic acids is 5. The van der Waals surface area contributed by atoms with E-state index in [4.69, 9.17) is 0 Å². The molecule has 2 unspecified atom stereocenters. The molecule has 3 N–H and O–H groups in total. The molecule has 0 aromatic heterocycles. The fourth-order valence-corrected chi connectivity index (χ4v) is 4.08. The van der Waals surface area contributed by atoms with Crippen molar-refractivity contribution in [3.63, 3.8) is 0 Å². The molecule has 0 bridgehead atoms. The van der Waals surface area contributed by atoms with Crippen LogP contribution in [0.15, 0.2) is 18.2 Å². The van der Waals surface area contributed by atoms with Crippen LogP contribution in [0.3, 0.4) is 0 Å². The third-order valence-electron chi connectivity index (χ3n) is 5.56. The largest absolute Gasteiger partial charge is 0.376 e. The van der Waals surface area contributed by atoms with Crippen LogP contribution in [-0.4, -0.2) is 71.1 Å². The highest BCUT2D eigenvalue weighted by atomic mass is 16.2. The van der Waals surface area contributed by atoms with Gasteiger partial charge in [0.2, 0.25) is 23.6 Å². The number of piperazine rings is 1. The van der Waals surface area contributed by atoms with Crippen molar-refractivity contribution < 1.29 is 24.0 Å². The molecule has 0 saturated carbocycles. The summed E-state index contributed by atoms with van der Waals surface area (Å²) >= 11 is 0. The number of amides is 5. The van der Waals surface area contributed by atoms with E-state index in [1.807, 2.05) is 6.92 Å². The fraction of sp³-hybridized carbons (Fsp3) is 0.450. The number of benzene rings is 1. The Balaban J connectivity index is 1.40. The van der Waals surface area contributed by atoms with E-state index >= 15 is 0 Å². The molecule has 0 aliphatic carbocycles. The van der Waals surface area contributed by atoms with E-state index in [0.29, 0.717) is 30.8 Å². The van der Waals surface area contributed by atoms with Crippen LogP contribution in [0.25, 0.3) is 0 Å². The van der Waals surface area contributed by atoms with Gasteiger partial charge in [0.25, 0.3) is 5.91 Å². The zero-order chi connectivity index (χ0) is 21.4. The second kappa shape index (κ2) is 7.77. The molecule has 10 nitrogen and oxygen atoms in total. The first kappa shape index (κ1) is 19.9. The van der Waals surface area contributed by atoms with Crippen molar-refractivity contribution in [2.24, 2.45) is 0 Å². The van der Waals surface area contributed by atoms with E-state index in [1.165, 1.54) is 9.80 Å². The number of hydrogen-bond acceptors (Lipinski definition) is 6. The first-order chi connectivity index (χ1) is 14.3. The SMILES string of the molecule is CC1CN(C(=O)CNc2ccc3c(c2)C(=O)N(C2CCC(=O)NC2=O)C3)CC(=O)N1. The summed E-state index contributed by atoms with van der Waals surface area (Å²) in [6.45, 7) is 2.64. The zero-order valence-corrected chi connectivity index (χ0v) is 16.6. The summed E-state index contributed by atoms with van der Waals surface area (Å²) < 4.78 is 0. The van der Waals surface area contributed by atoms with Gasteiger partial charge in [0.05, 0.1) is 13.1 Å². The number of piperidine rings is 1. The summed E-state index contributed by atoms with van der Waals surface area (Å²) in [5, 5.41) is 8.06. The minimum Gasteiger partial charge on any atom is -0.376 e. The molecule has 1 aromatic carbocycles. The molecule has 10 heteroatoms. The first-order valence-electron chi connectivity index (χ1n) is 9.90. The normalized spacial score (nSPS) is 23.8. The van der Waals surface area contributed by atoms with Crippen LogP contribution in [0.5, 0.6) is 0 Å². The number of nitrogens with one attached hydrogen (secondary N) is 3. The molecular formula is C20H23N5O5. The van der Waals surface area contributed by atoms with Crippen LogP contribution >= 0.6 is 0 Å². The Morgan fingerprint density at radius 2 is 1.97 bits per heavy atom. The predicted octanol–water partition coefficient (Wildman–Crippen LogP) is -0.794. The van der Waals surface area contributed by atoms with Crippen LogP contribution in [-0.2, 0) is 25.7 Å². The molecule has 3 aliphatic rings. The summed E-state index contributed by atoms with van der Waals surface area (Å²) in [6, 6.07) is 4.49. The lowest BCUT2D eigenvalue weighted by molar-refractivity contribution is -0.138. The van der Waals surface area contributed by atoms with Crippen molar-refractivity contribution in [2.45, 2.75) is 38.4 Å². The van der Waals surface area contributed by atoms with E-state index in [2.05, 4.69) is 16.0 Å². The van der Waals surface area contributed by atoms with Crippen molar-refractivity contribution in [2.75, 3.05) is 25.0 Å². The second-order valence-corrected chi connectivity index (χ2v) is 7.87. The molecule has 3 heterocycles. The molecule has 0 radical (unpaired) electrons. The van der Waals surface area contributed by atoms with Crippen LogP contribution in [0.4, 0.5) is 5.69 Å². The molecule has 5 amide bonds. The van der Waals surface area contributed by atoms with Crippen LogP contribution in [0.1, 0.15) is 35.7 Å². The monoisotopic (exact) mass is 413 g/mol. The topological polar surface area (TPSA) is 128 Å². The van der Waals surface area contributed by atoms with E-state index in [0.717, 1.165) is 5.56 Å².